The van der Waals surface area contributed by atoms with Crippen LogP contribution in [-0.4, -0.2) is 26.2 Å². The molecule has 3 rings (SSSR count). The first kappa shape index (κ1) is 20.7. The maximum absolute atomic E-state index is 12.3. The number of hydrogen-bond donors (Lipinski definition) is 3. The van der Waals surface area contributed by atoms with E-state index >= 15 is 0 Å². The molecule has 7 heteroatoms. The molecule has 0 radical (unpaired) electrons. The Kier molecular flexibility index (Phi) is 6.89. The Balaban J connectivity index is 1.54. The zero-order chi connectivity index (χ0) is 21.3. The molecule has 3 aromatic rings. The van der Waals surface area contributed by atoms with Crippen LogP contribution in [0.25, 0.3) is 0 Å². The minimum atomic E-state index is -0.363. The van der Waals surface area contributed by atoms with Gasteiger partial charge in [0.1, 0.15) is 11.5 Å². The molecule has 0 saturated heterocycles. The van der Waals surface area contributed by atoms with Crippen LogP contribution in [0.3, 0.4) is 0 Å². The van der Waals surface area contributed by atoms with Gasteiger partial charge in [0, 0.05) is 29.5 Å². The van der Waals surface area contributed by atoms with Gasteiger partial charge in [0.2, 0.25) is 0 Å². The Morgan fingerprint density at radius 1 is 0.767 bits per heavy atom. The number of methoxy groups -OCH3 is 2. The van der Waals surface area contributed by atoms with Gasteiger partial charge in [-0.25, -0.2) is 4.79 Å². The highest BCUT2D eigenvalue weighted by Gasteiger charge is 2.08. The summed E-state index contributed by atoms with van der Waals surface area (Å²) in [5.74, 6) is 1.08. The molecule has 0 aromatic heterocycles. The molecule has 0 aliphatic rings. The second kappa shape index (κ2) is 9.97. The molecule has 0 fully saturated rings. The smallest absolute Gasteiger partial charge is 0.319 e. The standard InChI is InChI=1S/C23H23N3O4/c1-29-20-12-16(13-21(14-20)30-2)15-24-23(28)26-19-10-8-17(9-11-19)22(27)25-18-6-4-3-5-7-18/h3-14H,15H2,1-2H3,(H,25,27)(H2,24,26,28). The Morgan fingerprint density at radius 2 is 1.37 bits per heavy atom. The number of amides is 3. The van der Waals surface area contributed by atoms with E-state index in [2.05, 4.69) is 16.0 Å². The van der Waals surface area contributed by atoms with Gasteiger partial charge in [0.15, 0.2) is 0 Å². The van der Waals surface area contributed by atoms with Gasteiger partial charge in [-0.05, 0) is 54.1 Å². The van der Waals surface area contributed by atoms with Gasteiger partial charge in [-0.2, -0.15) is 0 Å². The fourth-order valence-corrected chi connectivity index (χ4v) is 2.76. The Bertz CT molecular complexity index is 982. The number of nitrogens with one attached hydrogen (secondary N) is 3. The third-order valence-electron chi connectivity index (χ3n) is 4.30. The van der Waals surface area contributed by atoms with Crippen molar-refractivity contribution in [3.8, 4) is 11.5 Å². The van der Waals surface area contributed by atoms with Crippen molar-refractivity contribution in [3.63, 3.8) is 0 Å². The highest BCUT2D eigenvalue weighted by molar-refractivity contribution is 6.04. The molecular formula is C23H23N3O4. The van der Waals surface area contributed by atoms with Crippen molar-refractivity contribution in [2.45, 2.75) is 6.54 Å². The van der Waals surface area contributed by atoms with Crippen molar-refractivity contribution in [2.24, 2.45) is 0 Å². The van der Waals surface area contributed by atoms with Crippen LogP contribution in [0.5, 0.6) is 11.5 Å². The Hall–Kier alpha value is -4.00. The molecule has 154 valence electrons. The third kappa shape index (κ3) is 5.75. The molecule has 3 aromatic carbocycles. The molecule has 0 heterocycles. The second-order valence-corrected chi connectivity index (χ2v) is 6.43. The second-order valence-electron chi connectivity index (χ2n) is 6.43. The van der Waals surface area contributed by atoms with Gasteiger partial charge >= 0.3 is 6.03 Å². The van der Waals surface area contributed by atoms with Crippen LogP contribution in [0.4, 0.5) is 16.2 Å². The van der Waals surface area contributed by atoms with Gasteiger partial charge in [0.05, 0.1) is 14.2 Å². The van der Waals surface area contributed by atoms with E-state index in [0.29, 0.717) is 29.3 Å². The Morgan fingerprint density at radius 3 is 1.97 bits per heavy atom. The van der Waals surface area contributed by atoms with E-state index in [0.717, 1.165) is 11.3 Å². The summed E-state index contributed by atoms with van der Waals surface area (Å²) < 4.78 is 10.5. The minimum absolute atomic E-state index is 0.218. The van der Waals surface area contributed by atoms with Crippen molar-refractivity contribution in [1.29, 1.82) is 0 Å². The van der Waals surface area contributed by atoms with E-state index in [4.69, 9.17) is 9.47 Å². The van der Waals surface area contributed by atoms with Gasteiger partial charge in [0.25, 0.3) is 5.91 Å². The number of para-hydroxylation sites is 1. The fourth-order valence-electron chi connectivity index (χ4n) is 2.76. The molecule has 0 aliphatic carbocycles. The SMILES string of the molecule is COc1cc(CNC(=O)Nc2ccc(C(=O)Nc3ccccc3)cc2)cc(OC)c1. The topological polar surface area (TPSA) is 88.7 Å². The van der Waals surface area contributed by atoms with Crippen molar-refractivity contribution in [3.05, 3.63) is 83.9 Å². The molecular weight excluding hydrogens is 382 g/mol. The van der Waals surface area contributed by atoms with Crippen LogP contribution in [0.2, 0.25) is 0 Å². The molecule has 0 atom stereocenters. The third-order valence-corrected chi connectivity index (χ3v) is 4.30. The van der Waals surface area contributed by atoms with Crippen molar-refractivity contribution >= 4 is 23.3 Å². The number of rotatable bonds is 7. The van der Waals surface area contributed by atoms with E-state index < -0.39 is 0 Å². The minimum Gasteiger partial charge on any atom is -0.497 e. The van der Waals surface area contributed by atoms with E-state index in [1.165, 1.54) is 0 Å². The lowest BCUT2D eigenvalue weighted by Gasteiger charge is -2.11. The molecule has 0 saturated carbocycles. The lowest BCUT2D eigenvalue weighted by molar-refractivity contribution is 0.102. The largest absolute Gasteiger partial charge is 0.497 e. The summed E-state index contributed by atoms with van der Waals surface area (Å²) in [6.45, 7) is 0.303. The number of carbonyl (C=O) groups is 2. The summed E-state index contributed by atoms with van der Waals surface area (Å²) in [5.41, 5.74) is 2.63. The van der Waals surface area contributed by atoms with Crippen LogP contribution >= 0.6 is 0 Å². The van der Waals surface area contributed by atoms with Gasteiger partial charge in [-0.1, -0.05) is 18.2 Å². The molecule has 3 amide bonds. The molecule has 7 nitrogen and oxygen atoms in total. The van der Waals surface area contributed by atoms with Crippen molar-refractivity contribution in [1.82, 2.24) is 5.32 Å². The number of anilines is 2. The first-order chi connectivity index (χ1) is 14.6. The zero-order valence-corrected chi connectivity index (χ0v) is 16.8. The lowest BCUT2D eigenvalue weighted by atomic mass is 10.2. The number of urea groups is 1. The predicted molar refractivity (Wildman–Crippen MR) is 116 cm³/mol. The van der Waals surface area contributed by atoms with Crippen molar-refractivity contribution < 1.29 is 19.1 Å². The van der Waals surface area contributed by atoms with Crippen LogP contribution in [0.1, 0.15) is 15.9 Å². The number of carbonyl (C=O) groups excluding carboxylic acids is 2. The number of hydrogen-bond acceptors (Lipinski definition) is 4. The summed E-state index contributed by atoms with van der Waals surface area (Å²) in [5, 5.41) is 8.34. The summed E-state index contributed by atoms with van der Waals surface area (Å²) in [7, 11) is 3.14. The maximum Gasteiger partial charge on any atom is 0.319 e. The average molecular weight is 405 g/mol. The number of benzene rings is 3. The molecule has 0 spiro atoms. The zero-order valence-electron chi connectivity index (χ0n) is 16.8. The van der Waals surface area contributed by atoms with E-state index in [1.807, 2.05) is 42.5 Å². The van der Waals surface area contributed by atoms with Crippen LogP contribution in [0.15, 0.2) is 72.8 Å². The highest BCUT2D eigenvalue weighted by Crippen LogP contribution is 2.22. The highest BCUT2D eigenvalue weighted by atomic mass is 16.5. The first-order valence-electron chi connectivity index (χ1n) is 9.30. The van der Waals surface area contributed by atoms with E-state index in [1.54, 1.807) is 44.6 Å². The molecule has 3 N–H and O–H groups in total. The number of ether oxygens (including phenoxy) is 2. The summed E-state index contributed by atoms with van der Waals surface area (Å²) in [6.07, 6.45) is 0. The maximum atomic E-state index is 12.3. The molecule has 0 unspecified atom stereocenters. The fraction of sp³-hybridized carbons (Fsp3) is 0.130. The summed E-state index contributed by atoms with van der Waals surface area (Å²) in [4.78, 5) is 24.5. The normalized spacial score (nSPS) is 10.1. The summed E-state index contributed by atoms with van der Waals surface area (Å²) >= 11 is 0. The average Bonchev–Trinajstić information content (AvgIpc) is 2.78. The van der Waals surface area contributed by atoms with E-state index in [9.17, 15) is 9.59 Å². The molecule has 30 heavy (non-hydrogen) atoms. The summed E-state index contributed by atoms with van der Waals surface area (Å²) in [6, 6.07) is 20.9. The van der Waals surface area contributed by atoms with E-state index in [-0.39, 0.29) is 11.9 Å². The Labute approximate surface area is 175 Å². The van der Waals surface area contributed by atoms with Crippen molar-refractivity contribution in [2.75, 3.05) is 24.9 Å². The van der Waals surface area contributed by atoms with Crippen LogP contribution in [-0.2, 0) is 6.54 Å². The monoisotopic (exact) mass is 405 g/mol. The van der Waals surface area contributed by atoms with Gasteiger partial charge in [-0.3, -0.25) is 4.79 Å². The van der Waals surface area contributed by atoms with Gasteiger partial charge in [-0.15, -0.1) is 0 Å². The predicted octanol–water partition coefficient (Wildman–Crippen LogP) is 4.28. The van der Waals surface area contributed by atoms with Crippen LogP contribution < -0.4 is 25.4 Å². The van der Waals surface area contributed by atoms with Crippen LogP contribution in [0, 0.1) is 0 Å². The van der Waals surface area contributed by atoms with Gasteiger partial charge < -0.3 is 25.4 Å². The molecule has 0 bridgehead atoms. The quantitative estimate of drug-likeness (QED) is 0.547. The first-order valence-corrected chi connectivity index (χ1v) is 9.30. The lowest BCUT2D eigenvalue weighted by Crippen LogP contribution is -2.28. The molecule has 0 aliphatic heterocycles.